The van der Waals surface area contributed by atoms with Gasteiger partial charge in [-0.05, 0) is 82.1 Å². The molecule has 3 N–H and O–H groups in total. The van der Waals surface area contributed by atoms with Crippen LogP contribution in [0.25, 0.3) is 11.0 Å². The zero-order valence-electron chi connectivity index (χ0n) is 27.5. The van der Waals surface area contributed by atoms with Gasteiger partial charge in [-0.25, -0.2) is 9.59 Å². The van der Waals surface area contributed by atoms with Crippen LogP contribution < -0.4 is 11.0 Å². The summed E-state index contributed by atoms with van der Waals surface area (Å²) in [5.74, 6) is -1.45. The summed E-state index contributed by atoms with van der Waals surface area (Å²) < 4.78 is 42.9. The fourth-order valence-electron chi connectivity index (χ4n) is 7.53. The van der Waals surface area contributed by atoms with E-state index in [-0.39, 0.29) is 29.6 Å². The van der Waals surface area contributed by atoms with Crippen LogP contribution in [0.2, 0.25) is 5.02 Å². The van der Waals surface area contributed by atoms with Gasteiger partial charge in [-0.15, -0.1) is 0 Å². The summed E-state index contributed by atoms with van der Waals surface area (Å²) in [6, 6.07) is 7.93. The Hall–Kier alpha value is -3.75. The number of nitrogens with one attached hydrogen (secondary N) is 2. The van der Waals surface area contributed by atoms with Crippen LogP contribution in [0.5, 0.6) is 5.75 Å². The number of phenols is 1. The van der Waals surface area contributed by atoms with Gasteiger partial charge in [-0.2, -0.15) is 13.2 Å². The van der Waals surface area contributed by atoms with Crippen molar-refractivity contribution in [3.05, 3.63) is 63.0 Å². The first-order valence-corrected chi connectivity index (χ1v) is 17.3. The van der Waals surface area contributed by atoms with Gasteiger partial charge in [0.1, 0.15) is 11.8 Å². The summed E-state index contributed by atoms with van der Waals surface area (Å²) in [5, 5.41) is 12.4. The molecule has 3 aromatic rings. The highest BCUT2D eigenvalue weighted by molar-refractivity contribution is 6.32. The lowest BCUT2D eigenvalue weighted by molar-refractivity contribution is -0.138. The van der Waals surface area contributed by atoms with Crippen molar-refractivity contribution in [3.8, 4) is 5.75 Å². The standard InChI is InChI=1S/C34H43ClF3N7O4/c1-41-11-4-12-42(18-17-41)23-7-13-43(14-8-23)31(47)28(21-22-19-25(34(36,37)38)30(46)26(35)20-22)40-32(48)44-15-9-24(10-16-44)45-29-6-3-2-5-27(29)39-33(45)49/h2-3,5-6,19-20,23-24,28,46H,4,7-18,21H2,1H3,(H,39,49)(H,40,48)/t28-/m1/s1. The number of H-pyrrole nitrogens is 1. The van der Waals surface area contributed by atoms with Crippen LogP contribution in [0.3, 0.4) is 0 Å². The third-order valence-electron chi connectivity index (χ3n) is 10.3. The van der Waals surface area contributed by atoms with Crippen molar-refractivity contribution < 1.29 is 27.9 Å². The van der Waals surface area contributed by atoms with Gasteiger partial charge in [0.2, 0.25) is 5.91 Å². The molecule has 0 aliphatic carbocycles. The number of fused-ring (bicyclic) bond motifs is 1. The molecule has 3 amide bonds. The fraction of sp³-hybridized carbons (Fsp3) is 0.559. The lowest BCUT2D eigenvalue weighted by atomic mass is 9.98. The van der Waals surface area contributed by atoms with Crippen LogP contribution in [0, 0.1) is 0 Å². The Kier molecular flexibility index (Phi) is 10.5. The molecule has 266 valence electrons. The van der Waals surface area contributed by atoms with Crippen molar-refractivity contribution in [2.24, 2.45) is 0 Å². The molecule has 0 radical (unpaired) electrons. The first kappa shape index (κ1) is 35.1. The van der Waals surface area contributed by atoms with E-state index in [9.17, 15) is 32.7 Å². The second kappa shape index (κ2) is 14.6. The SMILES string of the molecule is CN1CCCN(C2CCN(C(=O)[C@@H](Cc3cc(Cl)c(O)c(C(F)(F)F)c3)NC(=O)N3CCC(n4c(=O)[nH]c5ccccc54)CC3)CC2)CC1. The summed E-state index contributed by atoms with van der Waals surface area (Å²) in [6.07, 6.45) is -1.48. The van der Waals surface area contributed by atoms with E-state index in [1.165, 1.54) is 6.07 Å². The van der Waals surface area contributed by atoms with Crippen LogP contribution in [-0.4, -0.2) is 118 Å². The zero-order valence-corrected chi connectivity index (χ0v) is 28.3. The van der Waals surface area contributed by atoms with E-state index in [2.05, 4.69) is 27.1 Å². The molecular formula is C34H43ClF3N7O4. The second-order valence-corrected chi connectivity index (χ2v) is 13.9. The number of phenolic OH excluding ortho intramolecular Hbond substituents is 1. The number of alkyl halides is 3. The number of benzene rings is 2. The number of aromatic amines is 1. The summed E-state index contributed by atoms with van der Waals surface area (Å²) in [4.78, 5) is 51.3. The molecule has 3 fully saturated rings. The molecule has 15 heteroatoms. The molecule has 3 saturated heterocycles. The van der Waals surface area contributed by atoms with Crippen molar-refractivity contribution in [2.45, 2.75) is 62.8 Å². The van der Waals surface area contributed by atoms with Gasteiger partial charge >= 0.3 is 17.9 Å². The smallest absolute Gasteiger partial charge is 0.420 e. The number of aromatic nitrogens is 2. The predicted molar refractivity (Wildman–Crippen MR) is 180 cm³/mol. The molecule has 3 aliphatic heterocycles. The summed E-state index contributed by atoms with van der Waals surface area (Å²) in [7, 11) is 2.12. The van der Waals surface area contributed by atoms with E-state index < -0.39 is 34.6 Å². The topological polar surface area (TPSA) is 117 Å². The highest BCUT2D eigenvalue weighted by Crippen LogP contribution is 2.40. The van der Waals surface area contributed by atoms with E-state index in [0.29, 0.717) is 45.1 Å². The molecule has 49 heavy (non-hydrogen) atoms. The Morgan fingerprint density at radius 1 is 0.959 bits per heavy atom. The number of aromatic hydroxyl groups is 1. The van der Waals surface area contributed by atoms with E-state index in [1.807, 2.05) is 24.3 Å². The second-order valence-electron chi connectivity index (χ2n) is 13.5. The Labute approximate surface area is 287 Å². The minimum atomic E-state index is -4.87. The Morgan fingerprint density at radius 2 is 1.63 bits per heavy atom. The number of piperidine rings is 2. The lowest BCUT2D eigenvalue weighted by Gasteiger charge is -2.39. The molecule has 0 spiro atoms. The molecule has 2 aromatic carbocycles. The van der Waals surface area contributed by atoms with Crippen molar-refractivity contribution in [2.75, 3.05) is 59.4 Å². The summed E-state index contributed by atoms with van der Waals surface area (Å²) >= 11 is 6.00. The van der Waals surface area contributed by atoms with Gasteiger partial charge < -0.3 is 30.1 Å². The van der Waals surface area contributed by atoms with Gasteiger partial charge in [0.15, 0.2) is 0 Å². The van der Waals surface area contributed by atoms with E-state index in [1.54, 1.807) is 14.4 Å². The molecular weight excluding hydrogens is 663 g/mol. The molecule has 0 saturated carbocycles. The Bertz CT molecular complexity index is 1710. The Morgan fingerprint density at radius 3 is 2.35 bits per heavy atom. The number of para-hydroxylation sites is 2. The Balaban J connectivity index is 1.16. The number of rotatable bonds is 6. The highest BCUT2D eigenvalue weighted by atomic mass is 35.5. The lowest BCUT2D eigenvalue weighted by Crippen LogP contribution is -2.56. The number of likely N-dealkylation sites (tertiary alicyclic amines) is 2. The quantitative estimate of drug-likeness (QED) is 0.353. The first-order chi connectivity index (χ1) is 23.4. The molecule has 11 nitrogen and oxygen atoms in total. The molecule has 1 aromatic heterocycles. The monoisotopic (exact) mass is 705 g/mol. The van der Waals surface area contributed by atoms with E-state index in [0.717, 1.165) is 62.5 Å². The molecule has 0 unspecified atom stereocenters. The van der Waals surface area contributed by atoms with Crippen LogP contribution in [-0.2, 0) is 17.4 Å². The van der Waals surface area contributed by atoms with Crippen LogP contribution in [0.4, 0.5) is 18.0 Å². The van der Waals surface area contributed by atoms with E-state index in [4.69, 9.17) is 11.6 Å². The minimum absolute atomic E-state index is 0.0646. The molecule has 3 aliphatic rings. The van der Waals surface area contributed by atoms with E-state index >= 15 is 0 Å². The van der Waals surface area contributed by atoms with Gasteiger partial charge in [0, 0.05) is 57.8 Å². The number of nitrogens with zero attached hydrogens (tertiary/aromatic N) is 5. The third kappa shape index (κ3) is 7.86. The number of hydrogen-bond donors (Lipinski definition) is 3. The first-order valence-electron chi connectivity index (χ1n) is 16.9. The van der Waals surface area contributed by atoms with Gasteiger partial charge in [0.25, 0.3) is 0 Å². The summed E-state index contributed by atoms with van der Waals surface area (Å²) in [5.41, 5.74) is 0.0761. The number of halogens is 4. The minimum Gasteiger partial charge on any atom is -0.506 e. The summed E-state index contributed by atoms with van der Waals surface area (Å²) in [6.45, 7) is 5.57. The van der Waals surface area contributed by atoms with Crippen LogP contribution in [0.15, 0.2) is 41.2 Å². The highest BCUT2D eigenvalue weighted by Gasteiger charge is 2.37. The normalized spacial score (nSPS) is 20.0. The van der Waals surface area contributed by atoms with Gasteiger partial charge in [-0.1, -0.05) is 23.7 Å². The zero-order chi connectivity index (χ0) is 34.9. The molecule has 6 rings (SSSR count). The number of likely N-dealkylation sites (N-methyl/N-ethyl adjacent to an activating group) is 1. The average molecular weight is 706 g/mol. The maximum atomic E-state index is 14.0. The van der Waals surface area contributed by atoms with Crippen molar-refractivity contribution in [3.63, 3.8) is 0 Å². The average Bonchev–Trinajstić information content (AvgIpc) is 3.26. The van der Waals surface area contributed by atoms with Crippen LogP contribution >= 0.6 is 11.6 Å². The maximum Gasteiger partial charge on any atom is 0.420 e. The number of imidazole rings is 1. The number of urea groups is 1. The third-order valence-corrected chi connectivity index (χ3v) is 10.5. The molecule has 0 bridgehead atoms. The molecule has 1 atom stereocenters. The van der Waals surface area contributed by atoms with Gasteiger partial charge in [0.05, 0.1) is 21.6 Å². The van der Waals surface area contributed by atoms with Crippen molar-refractivity contribution >= 4 is 34.6 Å². The van der Waals surface area contributed by atoms with Crippen molar-refractivity contribution in [1.82, 2.24) is 34.5 Å². The largest absolute Gasteiger partial charge is 0.506 e. The van der Waals surface area contributed by atoms with Crippen molar-refractivity contribution in [1.29, 1.82) is 0 Å². The predicted octanol–water partition coefficient (Wildman–Crippen LogP) is 4.29. The van der Waals surface area contributed by atoms with Gasteiger partial charge in [-0.3, -0.25) is 14.3 Å². The number of carbonyl (C=O) groups excluding carboxylic acids is 2. The molecule has 4 heterocycles. The maximum absolute atomic E-state index is 14.0. The fourth-order valence-corrected chi connectivity index (χ4v) is 7.77. The number of carbonyl (C=O) groups is 2. The van der Waals surface area contributed by atoms with Crippen LogP contribution in [0.1, 0.15) is 49.3 Å². The number of amides is 3. The number of hydrogen-bond acceptors (Lipinski definition) is 6.